The first kappa shape index (κ1) is 35.4. The monoisotopic (exact) mass is 815 g/mol. The molecule has 0 saturated carbocycles. The quantitative estimate of drug-likeness (QED) is 0.174. The Balaban J connectivity index is 1.16. The second kappa shape index (κ2) is 14.0. The Morgan fingerprint density at radius 2 is 1.15 bits per heavy atom. The summed E-state index contributed by atoms with van der Waals surface area (Å²) in [5.41, 5.74) is 11.0. The summed E-state index contributed by atoms with van der Waals surface area (Å²) < 4.78 is 6.88. The number of aromatic nitrogens is 2. The van der Waals surface area contributed by atoms with E-state index in [1.54, 1.807) is 11.3 Å². The van der Waals surface area contributed by atoms with E-state index < -0.39 is 0 Å². The number of hydrogen-bond donors (Lipinski definition) is 0. The largest absolute Gasteiger partial charge is 0.313 e. The maximum atomic E-state index is 11.2. The fraction of sp³-hybridized carbons (Fsp3) is 0.0370. The van der Waals surface area contributed by atoms with Crippen LogP contribution in [0, 0.1) is 22.7 Å². The first-order valence-electron chi connectivity index (χ1n) is 20.3. The zero-order valence-electron chi connectivity index (χ0n) is 32.7. The molecule has 1 aliphatic heterocycles. The molecule has 1 aliphatic rings. The molecule has 11 aromatic rings. The first-order chi connectivity index (χ1) is 30.2. The van der Waals surface area contributed by atoms with Crippen molar-refractivity contribution >= 4 is 104 Å². The Hall–Kier alpha value is -7.55. The number of rotatable bonds is 5. The van der Waals surface area contributed by atoms with Gasteiger partial charge in [-0.25, -0.2) is 0 Å². The summed E-state index contributed by atoms with van der Waals surface area (Å²) in [6.45, 7) is 0. The van der Waals surface area contributed by atoms with Gasteiger partial charge in [0.25, 0.3) is 0 Å². The Kier molecular flexibility index (Phi) is 8.15. The lowest BCUT2D eigenvalue weighted by Gasteiger charge is -2.27. The molecule has 8 aromatic carbocycles. The highest BCUT2D eigenvalue weighted by Gasteiger charge is 2.28. The predicted octanol–water partition coefficient (Wildman–Crippen LogP) is 14.4. The van der Waals surface area contributed by atoms with Crippen molar-refractivity contribution in [1.29, 1.82) is 10.5 Å². The minimum Gasteiger partial charge on any atom is -0.313 e. The van der Waals surface area contributed by atoms with Crippen LogP contribution in [0.1, 0.15) is 22.4 Å². The summed E-state index contributed by atoms with van der Waals surface area (Å²) in [7, 11) is 0. The van der Waals surface area contributed by atoms with Gasteiger partial charge < -0.3 is 14.0 Å². The van der Waals surface area contributed by atoms with Gasteiger partial charge in [0.15, 0.2) is 0 Å². The maximum absolute atomic E-state index is 11.2. The molecule has 0 spiro atoms. The second-order valence-corrected chi connectivity index (χ2v) is 17.5. The molecule has 0 aliphatic carbocycles. The van der Waals surface area contributed by atoms with E-state index >= 15 is 0 Å². The van der Waals surface area contributed by atoms with E-state index in [9.17, 15) is 10.5 Å². The maximum Gasteiger partial charge on any atom is 0.101 e. The van der Waals surface area contributed by atoms with Gasteiger partial charge in [-0.3, -0.25) is 0 Å². The van der Waals surface area contributed by atoms with Gasteiger partial charge in [0, 0.05) is 76.2 Å². The van der Waals surface area contributed by atoms with Crippen molar-refractivity contribution in [2.24, 2.45) is 0 Å². The number of fused-ring (bicyclic) bond motifs is 12. The number of thioether (sulfide) groups is 1. The summed E-state index contributed by atoms with van der Waals surface area (Å²) in [5.74, 6) is 1.49. The molecule has 0 bridgehead atoms. The van der Waals surface area contributed by atoms with Crippen LogP contribution in [0.3, 0.4) is 0 Å². The van der Waals surface area contributed by atoms with Gasteiger partial charge in [0.2, 0.25) is 0 Å². The summed E-state index contributed by atoms with van der Waals surface area (Å²) >= 11 is 3.66. The lowest BCUT2D eigenvalue weighted by Crippen LogP contribution is -2.17. The van der Waals surface area contributed by atoms with Gasteiger partial charge in [0.05, 0.1) is 39.1 Å². The van der Waals surface area contributed by atoms with Crippen LogP contribution in [0.4, 0.5) is 11.4 Å². The molecule has 0 saturated heterocycles. The molecule has 4 heterocycles. The number of para-hydroxylation sites is 3. The Bertz CT molecular complexity index is 3670. The fourth-order valence-corrected chi connectivity index (χ4v) is 11.7. The number of hydrogen-bond acceptors (Lipinski definition) is 5. The van der Waals surface area contributed by atoms with Gasteiger partial charge in [-0.05, 0) is 77.5 Å². The molecule has 0 radical (unpaired) electrons. The lowest BCUT2D eigenvalue weighted by atomic mass is 10.0. The minimum absolute atomic E-state index is 0.500. The minimum atomic E-state index is 0.500. The average Bonchev–Trinajstić information content (AvgIpc) is 3.91. The number of benzene rings is 8. The first-order valence-corrected chi connectivity index (χ1v) is 22.2. The molecule has 286 valence electrons. The van der Waals surface area contributed by atoms with Crippen molar-refractivity contribution in [3.63, 3.8) is 0 Å². The van der Waals surface area contributed by atoms with Crippen LogP contribution in [-0.2, 0) is 5.75 Å². The second-order valence-electron chi connectivity index (χ2n) is 15.4. The van der Waals surface area contributed by atoms with E-state index in [4.69, 9.17) is 0 Å². The Morgan fingerprint density at radius 1 is 0.508 bits per heavy atom. The van der Waals surface area contributed by atoms with Crippen LogP contribution < -0.4 is 4.90 Å². The molecule has 0 atom stereocenters. The Morgan fingerprint density at radius 3 is 1.89 bits per heavy atom. The van der Waals surface area contributed by atoms with Gasteiger partial charge >= 0.3 is 0 Å². The number of nitrogens with zero attached hydrogens (tertiary/aromatic N) is 5. The molecule has 61 heavy (non-hydrogen) atoms. The Labute approximate surface area is 359 Å². The molecule has 0 unspecified atom stereocenters. The summed E-state index contributed by atoms with van der Waals surface area (Å²) in [4.78, 5) is 2.36. The molecule has 7 heteroatoms. The van der Waals surface area contributed by atoms with Crippen LogP contribution >= 0.6 is 23.1 Å². The smallest absolute Gasteiger partial charge is 0.101 e. The van der Waals surface area contributed by atoms with Gasteiger partial charge in [0.1, 0.15) is 12.1 Å². The van der Waals surface area contributed by atoms with Crippen LogP contribution in [0.5, 0.6) is 0 Å². The van der Waals surface area contributed by atoms with Crippen LogP contribution in [-0.4, -0.2) is 14.9 Å². The van der Waals surface area contributed by atoms with Crippen molar-refractivity contribution < 1.29 is 0 Å². The van der Waals surface area contributed by atoms with Crippen LogP contribution in [0.2, 0.25) is 0 Å². The third kappa shape index (κ3) is 5.38. The molecule has 3 aromatic heterocycles. The van der Waals surface area contributed by atoms with Crippen LogP contribution in [0.25, 0.3) is 81.1 Å². The fourth-order valence-electron chi connectivity index (χ4n) is 9.58. The van der Waals surface area contributed by atoms with Gasteiger partial charge in [-0.15, -0.1) is 23.1 Å². The summed E-state index contributed by atoms with van der Waals surface area (Å²) in [6, 6.07) is 64.5. The van der Waals surface area contributed by atoms with E-state index in [2.05, 4.69) is 184 Å². The highest BCUT2D eigenvalue weighted by atomic mass is 32.2. The molecule has 0 amide bonds. The highest BCUT2D eigenvalue weighted by Crippen LogP contribution is 2.47. The van der Waals surface area contributed by atoms with E-state index in [1.165, 1.54) is 20.5 Å². The van der Waals surface area contributed by atoms with E-state index in [-0.39, 0.29) is 0 Å². The molecule has 12 rings (SSSR count). The van der Waals surface area contributed by atoms with Crippen LogP contribution in [0.15, 0.2) is 176 Å². The molecule has 0 fully saturated rings. The third-order valence-electron chi connectivity index (χ3n) is 12.1. The lowest BCUT2D eigenvalue weighted by molar-refractivity contribution is 1.03. The number of anilines is 2. The van der Waals surface area contributed by atoms with E-state index in [1.807, 2.05) is 30.0 Å². The van der Waals surface area contributed by atoms with Crippen molar-refractivity contribution in [2.75, 3.05) is 10.7 Å². The topological polar surface area (TPSA) is 60.7 Å². The summed E-state index contributed by atoms with van der Waals surface area (Å²) in [5, 5.41) is 30.4. The summed E-state index contributed by atoms with van der Waals surface area (Å²) in [6.07, 6.45) is 2.36. The van der Waals surface area contributed by atoms with E-state index in [0.717, 1.165) is 77.3 Å². The molecular weight excluding hydrogens is 783 g/mol. The normalized spacial score (nSPS) is 12.8. The van der Waals surface area contributed by atoms with Crippen molar-refractivity contribution in [1.82, 2.24) is 9.13 Å². The average molecular weight is 816 g/mol. The van der Waals surface area contributed by atoms with Gasteiger partial charge in [-0.2, -0.15) is 10.5 Å². The number of nitriles is 2. The highest BCUT2D eigenvalue weighted by molar-refractivity contribution is 7.98. The van der Waals surface area contributed by atoms with Gasteiger partial charge in [-0.1, -0.05) is 109 Å². The van der Waals surface area contributed by atoms with Crippen molar-refractivity contribution in [3.05, 3.63) is 198 Å². The van der Waals surface area contributed by atoms with Crippen molar-refractivity contribution in [3.8, 4) is 23.5 Å². The zero-order chi connectivity index (χ0) is 40.6. The molecule has 0 N–H and O–H groups in total. The predicted molar refractivity (Wildman–Crippen MR) is 257 cm³/mol. The standard InChI is InChI=1S/C54H33N5S2/c55-30-35-28-48(36(31-56)27-47(35)58-45-21-11-9-19-42(45)52-40-18-8-7-13-34(40)23-25-46(52)58)59-49-33-60-32-39(57(37-14-3-1-4-15-37)38-16-5-2-6-17-38)29-44(49)41-24-26-51-53(54(41)59)43-20-10-12-22-50(43)61-51/h1-29H,32-33H2. The third-order valence-corrected chi connectivity index (χ3v) is 14.2. The zero-order valence-corrected chi connectivity index (χ0v) is 34.3. The van der Waals surface area contributed by atoms with Crippen molar-refractivity contribution in [2.45, 2.75) is 5.75 Å². The molecule has 5 nitrogen and oxygen atoms in total. The van der Waals surface area contributed by atoms with E-state index in [0.29, 0.717) is 28.3 Å². The SMILES string of the molecule is N#Cc1cc(-n2c3ccccc3c3c4ccccc4ccc32)c(C#N)cc1-n1c2c(c3ccc4sc5ccccc5c4c31)C=C(N(c1ccccc1)c1ccccc1)CSC2. The molecular formula is C54H33N5S2. The number of thiophene rings is 1.